The summed E-state index contributed by atoms with van der Waals surface area (Å²) in [5, 5.41) is 7.17. The lowest BCUT2D eigenvalue weighted by molar-refractivity contribution is 0.721. The second kappa shape index (κ2) is 6.48. The Morgan fingerprint density at radius 2 is 1.85 bits per heavy atom. The Hall–Kier alpha value is -1.94. The lowest BCUT2D eigenvalue weighted by Gasteiger charge is -2.18. The van der Waals surface area contributed by atoms with E-state index < -0.39 is 0 Å². The van der Waals surface area contributed by atoms with Gasteiger partial charge in [0.05, 0.1) is 6.04 Å². The minimum atomic E-state index is 0.142. The van der Waals surface area contributed by atoms with E-state index in [1.807, 2.05) is 12.1 Å². The summed E-state index contributed by atoms with van der Waals surface area (Å²) in [6.07, 6.45) is 3.57. The van der Waals surface area contributed by atoms with Crippen molar-refractivity contribution in [3.8, 4) is 0 Å². The third-order valence-corrected chi connectivity index (χ3v) is 3.41. The molecule has 1 heterocycles. The van der Waals surface area contributed by atoms with Gasteiger partial charge in [0, 0.05) is 18.1 Å². The second-order valence-electron chi connectivity index (χ2n) is 4.92. The van der Waals surface area contributed by atoms with Gasteiger partial charge in [-0.25, -0.2) is 0 Å². The monoisotopic (exact) mass is 285 g/mol. The highest BCUT2D eigenvalue weighted by molar-refractivity contribution is 7.80. The molecule has 0 saturated carbocycles. The van der Waals surface area contributed by atoms with Gasteiger partial charge in [0.2, 0.25) is 0 Å². The van der Waals surface area contributed by atoms with Crippen molar-refractivity contribution >= 4 is 23.0 Å². The number of hydrogen-bond donors (Lipinski definition) is 2. The minimum absolute atomic E-state index is 0.142. The number of thiocarbonyl (C=S) groups is 1. The Bertz CT molecular complexity index is 596. The van der Waals surface area contributed by atoms with Crippen LogP contribution in [0.15, 0.2) is 42.7 Å². The third kappa shape index (κ3) is 3.78. The maximum absolute atomic E-state index is 5.38. The van der Waals surface area contributed by atoms with Crippen molar-refractivity contribution in [1.29, 1.82) is 0 Å². The van der Waals surface area contributed by atoms with Crippen LogP contribution < -0.4 is 10.6 Å². The zero-order valence-electron chi connectivity index (χ0n) is 12.0. The number of rotatable bonds is 3. The predicted molar refractivity (Wildman–Crippen MR) is 87.9 cm³/mol. The first-order valence-electron chi connectivity index (χ1n) is 6.61. The maximum Gasteiger partial charge on any atom is 0.171 e. The number of benzene rings is 1. The lowest BCUT2D eigenvalue weighted by Crippen LogP contribution is -2.31. The normalized spacial score (nSPS) is 11.8. The quantitative estimate of drug-likeness (QED) is 0.842. The van der Waals surface area contributed by atoms with E-state index in [0.717, 1.165) is 11.3 Å². The second-order valence-corrected chi connectivity index (χ2v) is 5.33. The van der Waals surface area contributed by atoms with E-state index in [1.165, 1.54) is 11.1 Å². The molecule has 0 amide bonds. The van der Waals surface area contributed by atoms with Crippen LogP contribution in [0.1, 0.15) is 29.7 Å². The molecule has 0 bridgehead atoms. The van der Waals surface area contributed by atoms with Crippen LogP contribution in [0.4, 0.5) is 5.69 Å². The average molecular weight is 285 g/mol. The summed E-state index contributed by atoms with van der Waals surface area (Å²) in [4.78, 5) is 4.02. The van der Waals surface area contributed by atoms with Crippen LogP contribution in [0.3, 0.4) is 0 Å². The molecule has 4 heteroatoms. The summed E-state index contributed by atoms with van der Waals surface area (Å²) in [7, 11) is 0. The number of aryl methyl sites for hydroxylation is 2. The standard InChI is InChI=1S/C16H19N3S/c1-11-4-5-12(2)15(10-11)19-16(20)18-13(3)14-6-8-17-9-7-14/h4-10,13H,1-3H3,(H2,18,19,20)/t13-/m1/s1. The largest absolute Gasteiger partial charge is 0.356 e. The van der Waals surface area contributed by atoms with Crippen molar-refractivity contribution in [3.05, 3.63) is 59.4 Å². The van der Waals surface area contributed by atoms with Gasteiger partial charge in [-0.3, -0.25) is 4.98 Å². The molecule has 0 radical (unpaired) electrons. The van der Waals surface area contributed by atoms with Gasteiger partial charge in [0.15, 0.2) is 5.11 Å². The van der Waals surface area contributed by atoms with E-state index in [0.29, 0.717) is 5.11 Å². The number of nitrogens with zero attached hydrogens (tertiary/aromatic N) is 1. The molecule has 3 nitrogen and oxygen atoms in total. The van der Waals surface area contributed by atoms with Gasteiger partial charge in [-0.1, -0.05) is 12.1 Å². The summed E-state index contributed by atoms with van der Waals surface area (Å²) in [5.41, 5.74) is 4.59. The molecule has 2 rings (SSSR count). The van der Waals surface area contributed by atoms with Crippen molar-refractivity contribution < 1.29 is 0 Å². The molecule has 20 heavy (non-hydrogen) atoms. The van der Waals surface area contributed by atoms with Gasteiger partial charge in [-0.2, -0.15) is 0 Å². The van der Waals surface area contributed by atoms with E-state index in [-0.39, 0.29) is 6.04 Å². The van der Waals surface area contributed by atoms with Crippen molar-refractivity contribution in [1.82, 2.24) is 10.3 Å². The van der Waals surface area contributed by atoms with Crippen LogP contribution in [0.2, 0.25) is 0 Å². The highest BCUT2D eigenvalue weighted by atomic mass is 32.1. The Labute approximate surface area is 125 Å². The molecule has 2 aromatic rings. The van der Waals surface area contributed by atoms with Crippen LogP contribution in [-0.2, 0) is 0 Å². The fourth-order valence-electron chi connectivity index (χ4n) is 1.96. The average Bonchev–Trinajstić information content (AvgIpc) is 2.43. The van der Waals surface area contributed by atoms with Crippen molar-refractivity contribution in [3.63, 3.8) is 0 Å². The van der Waals surface area contributed by atoms with Crippen molar-refractivity contribution in [2.45, 2.75) is 26.8 Å². The summed E-state index contributed by atoms with van der Waals surface area (Å²) in [5.74, 6) is 0. The van der Waals surface area contributed by atoms with Gasteiger partial charge in [-0.05, 0) is 67.9 Å². The van der Waals surface area contributed by atoms with Gasteiger partial charge in [0.25, 0.3) is 0 Å². The molecule has 1 atom stereocenters. The molecule has 0 unspecified atom stereocenters. The number of hydrogen-bond acceptors (Lipinski definition) is 2. The van der Waals surface area contributed by atoms with E-state index >= 15 is 0 Å². The van der Waals surface area contributed by atoms with Crippen molar-refractivity contribution in [2.24, 2.45) is 0 Å². The summed E-state index contributed by atoms with van der Waals surface area (Å²) in [6, 6.07) is 10.4. The highest BCUT2D eigenvalue weighted by Crippen LogP contribution is 2.17. The number of anilines is 1. The van der Waals surface area contributed by atoms with Gasteiger partial charge >= 0.3 is 0 Å². The molecule has 0 aliphatic rings. The molecular formula is C16H19N3S. The van der Waals surface area contributed by atoms with E-state index in [2.05, 4.69) is 54.6 Å². The molecule has 0 aliphatic heterocycles. The molecule has 1 aromatic carbocycles. The fraction of sp³-hybridized carbons (Fsp3) is 0.250. The Balaban J connectivity index is 2.01. The lowest BCUT2D eigenvalue weighted by atomic mass is 10.1. The smallest absolute Gasteiger partial charge is 0.171 e. The van der Waals surface area contributed by atoms with E-state index in [1.54, 1.807) is 12.4 Å². The Kier molecular flexibility index (Phi) is 4.69. The number of nitrogens with one attached hydrogen (secondary N) is 2. The van der Waals surface area contributed by atoms with Crippen LogP contribution in [0.5, 0.6) is 0 Å². The van der Waals surface area contributed by atoms with Crippen LogP contribution >= 0.6 is 12.2 Å². The maximum atomic E-state index is 5.38. The molecular weight excluding hydrogens is 266 g/mol. The van der Waals surface area contributed by atoms with E-state index in [4.69, 9.17) is 12.2 Å². The Morgan fingerprint density at radius 1 is 1.15 bits per heavy atom. The molecule has 1 aromatic heterocycles. The molecule has 0 spiro atoms. The first-order valence-corrected chi connectivity index (χ1v) is 7.02. The molecule has 0 fully saturated rings. The van der Waals surface area contributed by atoms with Gasteiger partial charge < -0.3 is 10.6 Å². The zero-order valence-corrected chi connectivity index (χ0v) is 12.8. The molecule has 2 N–H and O–H groups in total. The highest BCUT2D eigenvalue weighted by Gasteiger charge is 2.07. The van der Waals surface area contributed by atoms with E-state index in [9.17, 15) is 0 Å². The molecule has 0 saturated heterocycles. The first kappa shape index (κ1) is 14.5. The molecule has 104 valence electrons. The number of pyridine rings is 1. The third-order valence-electron chi connectivity index (χ3n) is 3.19. The molecule has 0 aliphatic carbocycles. The van der Waals surface area contributed by atoms with Crippen LogP contribution in [0.25, 0.3) is 0 Å². The minimum Gasteiger partial charge on any atom is -0.356 e. The summed E-state index contributed by atoms with van der Waals surface area (Å²) in [6.45, 7) is 6.21. The SMILES string of the molecule is Cc1ccc(C)c(NC(=S)N[C@H](C)c2ccncc2)c1. The Morgan fingerprint density at radius 3 is 2.55 bits per heavy atom. The van der Waals surface area contributed by atoms with Crippen LogP contribution in [-0.4, -0.2) is 10.1 Å². The van der Waals surface area contributed by atoms with Crippen molar-refractivity contribution in [2.75, 3.05) is 5.32 Å². The zero-order chi connectivity index (χ0) is 14.5. The first-order chi connectivity index (χ1) is 9.56. The fourth-order valence-corrected chi connectivity index (χ4v) is 2.25. The summed E-state index contributed by atoms with van der Waals surface area (Å²) >= 11 is 5.38. The predicted octanol–water partition coefficient (Wildman–Crippen LogP) is 3.75. The van der Waals surface area contributed by atoms with Gasteiger partial charge in [-0.15, -0.1) is 0 Å². The van der Waals surface area contributed by atoms with Crippen LogP contribution in [0, 0.1) is 13.8 Å². The van der Waals surface area contributed by atoms with Gasteiger partial charge in [0.1, 0.15) is 0 Å². The number of aromatic nitrogens is 1. The topological polar surface area (TPSA) is 37.0 Å². The summed E-state index contributed by atoms with van der Waals surface area (Å²) < 4.78 is 0.